The first kappa shape index (κ1) is 8.86. The number of primary amides is 1. The van der Waals surface area contributed by atoms with Crippen molar-refractivity contribution in [1.82, 2.24) is 15.5 Å². The van der Waals surface area contributed by atoms with Crippen molar-refractivity contribution in [2.24, 2.45) is 5.73 Å². The van der Waals surface area contributed by atoms with Crippen LogP contribution in [0.15, 0.2) is 0 Å². The molecular formula is C8H12N4O2. The van der Waals surface area contributed by atoms with Gasteiger partial charge < -0.3 is 15.8 Å². The van der Waals surface area contributed by atoms with Gasteiger partial charge in [-0.15, -0.1) is 0 Å². The Labute approximate surface area is 80.8 Å². The minimum absolute atomic E-state index is 0.352. The van der Waals surface area contributed by atoms with Crippen LogP contribution in [-0.4, -0.2) is 22.8 Å². The number of nitrogens with two attached hydrogens (primary N) is 1. The highest BCUT2D eigenvalue weighted by Gasteiger charge is 2.17. The molecule has 0 unspecified atom stereocenters. The molecule has 0 bridgehead atoms. The van der Waals surface area contributed by atoms with Crippen LogP contribution in [-0.2, 0) is 13.0 Å². The van der Waals surface area contributed by atoms with E-state index in [1.54, 1.807) is 0 Å². The maximum atomic E-state index is 10.5. The molecule has 0 radical (unpaired) electrons. The van der Waals surface area contributed by atoms with Crippen molar-refractivity contribution >= 4 is 6.03 Å². The van der Waals surface area contributed by atoms with Crippen LogP contribution < -0.4 is 15.8 Å². The van der Waals surface area contributed by atoms with Gasteiger partial charge >= 0.3 is 6.03 Å². The molecule has 2 rings (SSSR count). The highest BCUT2D eigenvalue weighted by atomic mass is 16.5. The molecular weight excluding hydrogens is 184 g/mol. The van der Waals surface area contributed by atoms with E-state index in [2.05, 4.69) is 15.5 Å². The van der Waals surface area contributed by atoms with E-state index in [1.165, 1.54) is 0 Å². The molecule has 1 aliphatic heterocycles. The predicted molar refractivity (Wildman–Crippen MR) is 48.8 cm³/mol. The Bertz CT molecular complexity index is 347. The van der Waals surface area contributed by atoms with Crippen molar-refractivity contribution in [1.29, 1.82) is 0 Å². The Morgan fingerprint density at radius 1 is 1.71 bits per heavy atom. The van der Waals surface area contributed by atoms with E-state index in [0.29, 0.717) is 6.54 Å². The average molecular weight is 196 g/mol. The van der Waals surface area contributed by atoms with Crippen molar-refractivity contribution in [3.05, 3.63) is 11.3 Å². The number of amides is 2. The molecule has 14 heavy (non-hydrogen) atoms. The lowest BCUT2D eigenvalue weighted by molar-refractivity contribution is 0.248. The molecule has 1 aromatic heterocycles. The number of ether oxygens (including phenoxy) is 1. The van der Waals surface area contributed by atoms with Crippen molar-refractivity contribution in [3.63, 3.8) is 0 Å². The van der Waals surface area contributed by atoms with Crippen LogP contribution in [0.3, 0.4) is 0 Å². The predicted octanol–water partition coefficient (Wildman–Crippen LogP) is -0.0970. The van der Waals surface area contributed by atoms with E-state index in [9.17, 15) is 4.79 Å². The Hall–Kier alpha value is -1.72. The summed E-state index contributed by atoms with van der Waals surface area (Å²) in [6, 6.07) is -0.543. The van der Waals surface area contributed by atoms with Crippen LogP contribution in [0.25, 0.3) is 0 Å². The van der Waals surface area contributed by atoms with Gasteiger partial charge in [0.1, 0.15) is 0 Å². The van der Waals surface area contributed by atoms with Gasteiger partial charge in [0, 0.05) is 5.56 Å². The summed E-state index contributed by atoms with van der Waals surface area (Å²) in [4.78, 5) is 10.5. The summed E-state index contributed by atoms with van der Waals surface area (Å²) in [5.74, 6) is 0.720. The summed E-state index contributed by atoms with van der Waals surface area (Å²) in [5.41, 5.74) is 6.82. The molecule has 6 heteroatoms. The zero-order valence-electron chi connectivity index (χ0n) is 7.67. The van der Waals surface area contributed by atoms with E-state index >= 15 is 0 Å². The van der Waals surface area contributed by atoms with E-state index < -0.39 is 6.03 Å². The first-order valence-corrected chi connectivity index (χ1v) is 4.49. The number of H-pyrrole nitrogens is 1. The molecule has 6 nitrogen and oxygen atoms in total. The third-order valence-corrected chi connectivity index (χ3v) is 2.16. The maximum absolute atomic E-state index is 10.5. The lowest BCUT2D eigenvalue weighted by Crippen LogP contribution is -2.29. The van der Waals surface area contributed by atoms with Crippen molar-refractivity contribution in [2.45, 2.75) is 19.4 Å². The van der Waals surface area contributed by atoms with Crippen molar-refractivity contribution in [2.75, 3.05) is 6.61 Å². The third kappa shape index (κ3) is 1.63. The fourth-order valence-corrected chi connectivity index (χ4v) is 1.50. The van der Waals surface area contributed by atoms with Gasteiger partial charge in [-0.25, -0.2) is 9.89 Å². The topological polar surface area (TPSA) is 93.0 Å². The molecule has 0 saturated carbocycles. The second kappa shape index (κ2) is 3.57. The molecule has 0 fully saturated rings. The van der Waals surface area contributed by atoms with Gasteiger partial charge in [-0.1, -0.05) is 0 Å². The highest BCUT2D eigenvalue weighted by molar-refractivity contribution is 5.71. The molecule has 4 N–H and O–H groups in total. The summed E-state index contributed by atoms with van der Waals surface area (Å²) >= 11 is 0. The average Bonchev–Trinajstić information content (AvgIpc) is 2.58. The summed E-state index contributed by atoms with van der Waals surface area (Å²) in [6.07, 6.45) is 1.91. The zero-order chi connectivity index (χ0) is 9.97. The van der Waals surface area contributed by atoms with Gasteiger partial charge in [0.2, 0.25) is 5.88 Å². The number of aromatic amines is 1. The van der Waals surface area contributed by atoms with Crippen LogP contribution in [0, 0.1) is 0 Å². The van der Waals surface area contributed by atoms with Gasteiger partial charge in [0.15, 0.2) is 0 Å². The molecule has 2 heterocycles. The number of urea groups is 1. The minimum Gasteiger partial charge on any atom is -0.478 e. The normalized spacial score (nSPS) is 14.3. The molecule has 0 aromatic carbocycles. The van der Waals surface area contributed by atoms with Crippen LogP contribution in [0.2, 0.25) is 0 Å². The number of carbonyl (C=O) groups is 1. The molecule has 2 amide bonds. The third-order valence-electron chi connectivity index (χ3n) is 2.16. The number of hydrogen-bond acceptors (Lipinski definition) is 3. The van der Waals surface area contributed by atoms with Gasteiger partial charge in [-0.2, -0.15) is 5.10 Å². The fourth-order valence-electron chi connectivity index (χ4n) is 1.50. The highest BCUT2D eigenvalue weighted by Crippen LogP contribution is 2.24. The van der Waals surface area contributed by atoms with Crippen molar-refractivity contribution in [3.8, 4) is 5.88 Å². The Kier molecular flexibility index (Phi) is 2.26. The summed E-state index contributed by atoms with van der Waals surface area (Å²) in [6.45, 7) is 1.07. The number of carbonyl (C=O) groups excluding carboxylic acids is 1. The molecule has 0 spiro atoms. The van der Waals surface area contributed by atoms with Gasteiger partial charge in [-0.05, 0) is 12.8 Å². The monoisotopic (exact) mass is 196 g/mol. The molecule has 1 aliphatic rings. The molecule has 0 atom stereocenters. The number of nitrogens with zero attached hydrogens (tertiary/aromatic N) is 1. The lowest BCUT2D eigenvalue weighted by Gasteiger charge is -2.12. The van der Waals surface area contributed by atoms with Crippen molar-refractivity contribution < 1.29 is 9.53 Å². The van der Waals surface area contributed by atoms with E-state index in [4.69, 9.17) is 10.5 Å². The lowest BCUT2D eigenvalue weighted by atomic mass is 10.1. The summed E-state index contributed by atoms with van der Waals surface area (Å²) in [5, 5.41) is 9.33. The number of aromatic nitrogens is 2. The standard InChI is InChI=1S/C8H12N4O2/c9-8(13)10-4-6-5-2-1-3-14-7(5)12-11-6/h1-4H2,(H,11,12)(H3,9,10,13). The van der Waals surface area contributed by atoms with Crippen LogP contribution in [0.1, 0.15) is 17.7 Å². The summed E-state index contributed by atoms with van der Waals surface area (Å²) in [7, 11) is 0. The SMILES string of the molecule is NC(=O)NCc1n[nH]c2c1CCCO2. The van der Waals surface area contributed by atoms with Crippen LogP contribution in [0.4, 0.5) is 4.79 Å². The van der Waals surface area contributed by atoms with Crippen LogP contribution in [0.5, 0.6) is 5.88 Å². The number of fused-ring (bicyclic) bond motifs is 1. The smallest absolute Gasteiger partial charge is 0.312 e. The molecule has 0 saturated heterocycles. The first-order chi connectivity index (χ1) is 6.77. The molecule has 0 aliphatic carbocycles. The largest absolute Gasteiger partial charge is 0.478 e. The van der Waals surface area contributed by atoms with E-state index in [1.807, 2.05) is 0 Å². The van der Waals surface area contributed by atoms with Crippen LogP contribution >= 0.6 is 0 Å². The second-order valence-corrected chi connectivity index (χ2v) is 3.15. The minimum atomic E-state index is -0.543. The molecule has 76 valence electrons. The first-order valence-electron chi connectivity index (χ1n) is 4.49. The number of nitrogens with one attached hydrogen (secondary N) is 2. The van der Waals surface area contributed by atoms with Gasteiger partial charge in [0.05, 0.1) is 18.8 Å². The van der Waals surface area contributed by atoms with E-state index in [0.717, 1.165) is 36.6 Å². The summed E-state index contributed by atoms with van der Waals surface area (Å²) < 4.78 is 5.35. The number of hydrogen-bond donors (Lipinski definition) is 3. The Balaban J connectivity index is 2.10. The quantitative estimate of drug-likeness (QED) is 0.616. The van der Waals surface area contributed by atoms with E-state index in [-0.39, 0.29) is 0 Å². The van der Waals surface area contributed by atoms with Gasteiger partial charge in [0.25, 0.3) is 0 Å². The zero-order valence-corrected chi connectivity index (χ0v) is 7.67. The second-order valence-electron chi connectivity index (χ2n) is 3.15. The Morgan fingerprint density at radius 2 is 2.57 bits per heavy atom. The Morgan fingerprint density at radius 3 is 3.36 bits per heavy atom. The number of rotatable bonds is 2. The maximum Gasteiger partial charge on any atom is 0.312 e. The molecule has 1 aromatic rings. The fraction of sp³-hybridized carbons (Fsp3) is 0.500. The van der Waals surface area contributed by atoms with Gasteiger partial charge in [-0.3, -0.25) is 0 Å².